The van der Waals surface area contributed by atoms with Crippen molar-refractivity contribution in [1.29, 1.82) is 0 Å². The molecule has 0 aromatic heterocycles. The van der Waals surface area contributed by atoms with Gasteiger partial charge in [-0.3, -0.25) is 4.79 Å². The summed E-state index contributed by atoms with van der Waals surface area (Å²) in [5.74, 6) is 0.997. The Morgan fingerprint density at radius 3 is 3.00 bits per heavy atom. The van der Waals surface area contributed by atoms with Crippen LogP contribution in [0, 0.1) is 11.8 Å². The van der Waals surface area contributed by atoms with Gasteiger partial charge in [-0.05, 0) is 46.3 Å². The maximum atomic E-state index is 11.8. The van der Waals surface area contributed by atoms with Gasteiger partial charge in [-0.15, -0.1) is 0 Å². The van der Waals surface area contributed by atoms with Crippen molar-refractivity contribution in [3.05, 3.63) is 28.2 Å². The number of rotatable bonds is 3. The number of hydrogen-bond acceptors (Lipinski definition) is 3. The zero-order chi connectivity index (χ0) is 14.3. The third-order valence-electron chi connectivity index (χ3n) is 4.68. The zero-order valence-corrected chi connectivity index (χ0v) is 13.2. The largest absolute Gasteiger partial charge is 0.367 e. The van der Waals surface area contributed by atoms with E-state index in [2.05, 4.69) is 33.1 Å². The fourth-order valence-corrected chi connectivity index (χ4v) is 4.37. The summed E-state index contributed by atoms with van der Waals surface area (Å²) in [5, 5.41) is 3.48. The Bertz CT molecular complexity index is 534. The summed E-state index contributed by atoms with van der Waals surface area (Å²) in [4.78, 5) is 14.2. The summed E-state index contributed by atoms with van der Waals surface area (Å²) in [7, 11) is 0. The summed E-state index contributed by atoms with van der Waals surface area (Å²) in [6.45, 7) is 5.39. The average Bonchev–Trinajstić information content (AvgIpc) is 2.97. The zero-order valence-electron chi connectivity index (χ0n) is 11.6. The second kappa shape index (κ2) is 5.37. The van der Waals surface area contributed by atoms with Gasteiger partial charge < -0.3 is 16.0 Å². The standard InChI is InChI=1S/C15H20BrN3O/c1-2-12-10-7-18-6-9(10)8-19(12)13-5-3-4-11(16)14(13)15(17)20/h3-5,9-10,12,18H,2,6-8H2,1H3,(H2,17,20). The number of fused-ring (bicyclic) bond motifs is 1. The van der Waals surface area contributed by atoms with Crippen LogP contribution in [0.25, 0.3) is 0 Å². The fraction of sp³-hybridized carbons (Fsp3) is 0.533. The van der Waals surface area contributed by atoms with Gasteiger partial charge in [-0.1, -0.05) is 13.0 Å². The lowest BCUT2D eigenvalue weighted by Gasteiger charge is -2.30. The summed E-state index contributed by atoms with van der Waals surface area (Å²) < 4.78 is 0.785. The van der Waals surface area contributed by atoms with Gasteiger partial charge in [0, 0.05) is 30.1 Å². The first kappa shape index (κ1) is 13.9. The van der Waals surface area contributed by atoms with Crippen LogP contribution < -0.4 is 16.0 Å². The maximum Gasteiger partial charge on any atom is 0.251 e. The van der Waals surface area contributed by atoms with Gasteiger partial charge in [0.15, 0.2) is 0 Å². The third kappa shape index (κ3) is 2.13. The molecule has 4 nitrogen and oxygen atoms in total. The Morgan fingerprint density at radius 2 is 2.30 bits per heavy atom. The number of benzene rings is 1. The lowest BCUT2D eigenvalue weighted by molar-refractivity contribution is 0.1000. The van der Waals surface area contributed by atoms with Gasteiger partial charge in [-0.2, -0.15) is 0 Å². The molecule has 108 valence electrons. The number of halogens is 1. The van der Waals surface area contributed by atoms with Crippen molar-refractivity contribution in [1.82, 2.24) is 5.32 Å². The summed E-state index contributed by atoms with van der Waals surface area (Å²) in [6.07, 6.45) is 1.09. The number of nitrogens with two attached hydrogens (primary N) is 1. The van der Waals surface area contributed by atoms with E-state index in [-0.39, 0.29) is 5.91 Å². The SMILES string of the molecule is CCC1C2CNCC2CN1c1cccc(Br)c1C(N)=O. The van der Waals surface area contributed by atoms with Crippen molar-refractivity contribution in [2.24, 2.45) is 17.6 Å². The Labute approximate surface area is 127 Å². The van der Waals surface area contributed by atoms with Crippen LogP contribution in [0.1, 0.15) is 23.7 Å². The molecule has 20 heavy (non-hydrogen) atoms. The minimum atomic E-state index is -0.363. The number of nitrogens with zero attached hydrogens (tertiary/aromatic N) is 1. The summed E-state index contributed by atoms with van der Waals surface area (Å²) >= 11 is 3.46. The van der Waals surface area contributed by atoms with Crippen molar-refractivity contribution >= 4 is 27.5 Å². The molecule has 1 aromatic carbocycles. The van der Waals surface area contributed by atoms with Crippen LogP contribution in [0.2, 0.25) is 0 Å². The number of primary amides is 1. The fourth-order valence-electron chi connectivity index (χ4n) is 3.82. The van der Waals surface area contributed by atoms with Crippen molar-refractivity contribution in [3.63, 3.8) is 0 Å². The molecule has 0 radical (unpaired) electrons. The van der Waals surface area contributed by atoms with Crippen molar-refractivity contribution in [2.45, 2.75) is 19.4 Å². The molecule has 2 fully saturated rings. The number of anilines is 1. The van der Waals surface area contributed by atoms with Crippen LogP contribution in [0.4, 0.5) is 5.69 Å². The molecule has 3 unspecified atom stereocenters. The third-order valence-corrected chi connectivity index (χ3v) is 5.34. The molecule has 3 N–H and O–H groups in total. The molecule has 2 aliphatic heterocycles. The van der Waals surface area contributed by atoms with E-state index in [0.717, 1.165) is 36.2 Å². The number of hydrogen-bond donors (Lipinski definition) is 2. The highest BCUT2D eigenvalue weighted by molar-refractivity contribution is 9.10. The first-order chi connectivity index (χ1) is 9.63. The molecule has 3 atom stereocenters. The van der Waals surface area contributed by atoms with Crippen LogP contribution in [0.5, 0.6) is 0 Å². The minimum Gasteiger partial charge on any atom is -0.367 e. The molecule has 2 heterocycles. The first-order valence-corrected chi connectivity index (χ1v) is 7.98. The highest BCUT2D eigenvalue weighted by Crippen LogP contribution is 2.40. The van der Waals surface area contributed by atoms with Crippen LogP contribution >= 0.6 is 15.9 Å². The quantitative estimate of drug-likeness (QED) is 0.886. The summed E-state index contributed by atoms with van der Waals surface area (Å²) in [5.41, 5.74) is 7.17. The molecule has 0 spiro atoms. The molecular weight excluding hydrogens is 318 g/mol. The van der Waals surface area contributed by atoms with Crippen molar-refractivity contribution < 1.29 is 4.79 Å². The number of nitrogens with one attached hydrogen (secondary N) is 1. The molecule has 1 amide bonds. The van der Waals surface area contributed by atoms with E-state index in [1.165, 1.54) is 0 Å². The minimum absolute atomic E-state index is 0.363. The van der Waals surface area contributed by atoms with Gasteiger partial charge in [-0.25, -0.2) is 0 Å². The Balaban J connectivity index is 2.01. The second-order valence-electron chi connectivity index (χ2n) is 5.71. The molecule has 5 heteroatoms. The predicted molar refractivity (Wildman–Crippen MR) is 83.9 cm³/mol. The van der Waals surface area contributed by atoms with Crippen LogP contribution in [-0.4, -0.2) is 31.6 Å². The van der Waals surface area contributed by atoms with E-state index < -0.39 is 0 Å². The maximum absolute atomic E-state index is 11.8. The first-order valence-electron chi connectivity index (χ1n) is 7.19. The van der Waals surface area contributed by atoms with Crippen LogP contribution in [-0.2, 0) is 0 Å². The average molecular weight is 338 g/mol. The molecule has 0 saturated carbocycles. The van der Waals surface area contributed by atoms with E-state index in [0.29, 0.717) is 23.4 Å². The smallest absolute Gasteiger partial charge is 0.251 e. The molecular formula is C15H20BrN3O. The van der Waals surface area contributed by atoms with E-state index in [4.69, 9.17) is 5.73 Å². The van der Waals surface area contributed by atoms with Crippen LogP contribution in [0.3, 0.4) is 0 Å². The van der Waals surface area contributed by atoms with E-state index in [9.17, 15) is 4.79 Å². The Hall–Kier alpha value is -1.07. The van der Waals surface area contributed by atoms with Gasteiger partial charge in [0.1, 0.15) is 0 Å². The van der Waals surface area contributed by atoms with E-state index in [1.807, 2.05) is 18.2 Å². The number of amides is 1. The van der Waals surface area contributed by atoms with Gasteiger partial charge in [0.2, 0.25) is 0 Å². The lowest BCUT2D eigenvalue weighted by atomic mass is 9.92. The monoisotopic (exact) mass is 337 g/mol. The van der Waals surface area contributed by atoms with Gasteiger partial charge in [0.05, 0.1) is 11.3 Å². The normalized spacial score (nSPS) is 28.7. The second-order valence-corrected chi connectivity index (χ2v) is 6.56. The Kier molecular flexibility index (Phi) is 3.73. The predicted octanol–water partition coefficient (Wildman–Crippen LogP) is 1.98. The summed E-state index contributed by atoms with van der Waals surface area (Å²) in [6, 6.07) is 6.36. The molecule has 3 rings (SSSR count). The Morgan fingerprint density at radius 1 is 1.50 bits per heavy atom. The van der Waals surface area contributed by atoms with Crippen molar-refractivity contribution in [2.75, 3.05) is 24.5 Å². The van der Waals surface area contributed by atoms with Gasteiger partial charge >= 0.3 is 0 Å². The van der Waals surface area contributed by atoms with E-state index in [1.54, 1.807) is 0 Å². The molecule has 2 saturated heterocycles. The van der Waals surface area contributed by atoms with Crippen LogP contribution in [0.15, 0.2) is 22.7 Å². The molecule has 0 aliphatic carbocycles. The molecule has 1 aromatic rings. The highest BCUT2D eigenvalue weighted by atomic mass is 79.9. The number of carbonyl (C=O) groups excluding carboxylic acids is 1. The number of carbonyl (C=O) groups is 1. The van der Waals surface area contributed by atoms with Crippen molar-refractivity contribution in [3.8, 4) is 0 Å². The molecule has 0 bridgehead atoms. The lowest BCUT2D eigenvalue weighted by Crippen LogP contribution is -2.36. The highest BCUT2D eigenvalue weighted by Gasteiger charge is 2.44. The topological polar surface area (TPSA) is 58.4 Å². The van der Waals surface area contributed by atoms with Gasteiger partial charge in [0.25, 0.3) is 5.91 Å². The van der Waals surface area contributed by atoms with E-state index >= 15 is 0 Å². The molecule has 2 aliphatic rings.